The minimum Gasteiger partial charge on any atom is -0.318 e. The first-order valence-electron chi connectivity index (χ1n) is 6.28. The lowest BCUT2D eigenvalue weighted by Crippen LogP contribution is -2.39. The van der Waals surface area contributed by atoms with E-state index in [0.29, 0.717) is 0 Å². The molecule has 0 spiro atoms. The number of likely N-dealkylation sites (tertiary alicyclic amines) is 1. The lowest BCUT2D eigenvalue weighted by Gasteiger charge is -2.31. The first kappa shape index (κ1) is 12.9. The minimum atomic E-state index is 0.947. The van der Waals surface area contributed by atoms with Crippen LogP contribution in [0.5, 0.6) is 0 Å². The monoisotopic (exact) mass is 213 g/mol. The average molecular weight is 213 g/mol. The molecule has 3 heteroatoms. The van der Waals surface area contributed by atoms with Crippen LogP contribution in [0.2, 0.25) is 0 Å². The summed E-state index contributed by atoms with van der Waals surface area (Å²) in [5.74, 6) is 0.947. The van der Waals surface area contributed by atoms with Crippen molar-refractivity contribution in [2.24, 2.45) is 5.92 Å². The van der Waals surface area contributed by atoms with Gasteiger partial charge in [0.15, 0.2) is 0 Å². The summed E-state index contributed by atoms with van der Waals surface area (Å²) >= 11 is 0. The standard InChI is InChI=1S/C12H27N3/c1-12-4-7-15(8-5-12)11-10-14(3)9-6-13-2/h12-13H,4-11H2,1-3H3. The molecule has 0 unspecified atom stereocenters. The van der Waals surface area contributed by atoms with Gasteiger partial charge in [-0.1, -0.05) is 6.92 Å². The molecule has 1 saturated heterocycles. The number of nitrogens with one attached hydrogen (secondary N) is 1. The second-order valence-corrected chi connectivity index (χ2v) is 4.93. The Labute approximate surface area is 94.8 Å². The Kier molecular flexibility index (Phi) is 6.22. The van der Waals surface area contributed by atoms with Crippen LogP contribution >= 0.6 is 0 Å². The molecule has 15 heavy (non-hydrogen) atoms. The van der Waals surface area contributed by atoms with Crippen molar-refractivity contribution >= 4 is 0 Å². The molecule has 1 aliphatic heterocycles. The SMILES string of the molecule is CNCCN(C)CCN1CCC(C)CC1. The molecule has 0 atom stereocenters. The molecule has 0 radical (unpaired) electrons. The smallest absolute Gasteiger partial charge is 0.0109 e. The fraction of sp³-hybridized carbons (Fsp3) is 1.00. The minimum absolute atomic E-state index is 0.947. The normalized spacial score (nSPS) is 20.0. The van der Waals surface area contributed by atoms with Gasteiger partial charge in [0, 0.05) is 26.2 Å². The summed E-state index contributed by atoms with van der Waals surface area (Å²) in [6.45, 7) is 9.68. The van der Waals surface area contributed by atoms with Gasteiger partial charge in [0.25, 0.3) is 0 Å². The third-order valence-corrected chi connectivity index (χ3v) is 3.42. The second kappa shape index (κ2) is 7.20. The van der Waals surface area contributed by atoms with Gasteiger partial charge < -0.3 is 15.1 Å². The van der Waals surface area contributed by atoms with Crippen LogP contribution < -0.4 is 5.32 Å². The molecule has 90 valence electrons. The molecule has 3 nitrogen and oxygen atoms in total. The molecule has 1 rings (SSSR count). The van der Waals surface area contributed by atoms with Gasteiger partial charge in [-0.25, -0.2) is 0 Å². The summed E-state index contributed by atoms with van der Waals surface area (Å²) in [5.41, 5.74) is 0. The van der Waals surface area contributed by atoms with Gasteiger partial charge in [0.05, 0.1) is 0 Å². The predicted octanol–water partition coefficient (Wildman–Crippen LogP) is 0.870. The number of likely N-dealkylation sites (N-methyl/N-ethyl adjacent to an activating group) is 2. The summed E-state index contributed by atoms with van der Waals surface area (Å²) in [7, 11) is 4.23. The lowest BCUT2D eigenvalue weighted by molar-refractivity contribution is 0.171. The molecule has 0 aromatic carbocycles. The van der Waals surface area contributed by atoms with E-state index < -0.39 is 0 Å². The first-order chi connectivity index (χ1) is 7.22. The topological polar surface area (TPSA) is 18.5 Å². The van der Waals surface area contributed by atoms with E-state index in [1.807, 2.05) is 7.05 Å². The molecule has 1 heterocycles. The van der Waals surface area contributed by atoms with Crippen LogP contribution in [0.1, 0.15) is 19.8 Å². The maximum Gasteiger partial charge on any atom is 0.0109 e. The summed E-state index contributed by atoms with van der Waals surface area (Å²) in [6.07, 6.45) is 2.78. The molecule has 1 aliphatic rings. The Morgan fingerprint density at radius 3 is 2.53 bits per heavy atom. The zero-order valence-corrected chi connectivity index (χ0v) is 10.6. The third-order valence-electron chi connectivity index (χ3n) is 3.42. The van der Waals surface area contributed by atoms with Crippen molar-refractivity contribution in [3.8, 4) is 0 Å². The largest absolute Gasteiger partial charge is 0.318 e. The lowest BCUT2D eigenvalue weighted by atomic mass is 9.99. The summed E-state index contributed by atoms with van der Waals surface area (Å²) in [5, 5.41) is 3.19. The molecule has 0 amide bonds. The Hall–Kier alpha value is -0.120. The van der Waals surface area contributed by atoms with Crippen molar-refractivity contribution in [2.45, 2.75) is 19.8 Å². The van der Waals surface area contributed by atoms with Crippen molar-refractivity contribution in [1.82, 2.24) is 15.1 Å². The van der Waals surface area contributed by atoms with Crippen molar-refractivity contribution < 1.29 is 0 Å². The van der Waals surface area contributed by atoms with Crippen LogP contribution in [0.3, 0.4) is 0 Å². The highest BCUT2D eigenvalue weighted by molar-refractivity contribution is 4.70. The van der Waals surface area contributed by atoms with E-state index in [4.69, 9.17) is 0 Å². The molecular weight excluding hydrogens is 186 g/mol. The van der Waals surface area contributed by atoms with E-state index in [-0.39, 0.29) is 0 Å². The fourth-order valence-corrected chi connectivity index (χ4v) is 2.01. The Bertz CT molecular complexity index is 153. The number of rotatable bonds is 6. The second-order valence-electron chi connectivity index (χ2n) is 4.93. The van der Waals surface area contributed by atoms with Crippen molar-refractivity contribution in [3.63, 3.8) is 0 Å². The van der Waals surface area contributed by atoms with E-state index >= 15 is 0 Å². The zero-order chi connectivity index (χ0) is 11.1. The third kappa shape index (κ3) is 5.50. The number of hydrogen-bond donors (Lipinski definition) is 1. The van der Waals surface area contributed by atoms with Crippen LogP contribution in [0.15, 0.2) is 0 Å². The molecule has 0 aromatic heterocycles. The summed E-state index contributed by atoms with van der Waals surface area (Å²) < 4.78 is 0. The van der Waals surface area contributed by atoms with Crippen LogP contribution in [-0.2, 0) is 0 Å². The van der Waals surface area contributed by atoms with Crippen LogP contribution in [-0.4, -0.2) is 63.2 Å². The van der Waals surface area contributed by atoms with Crippen LogP contribution in [0, 0.1) is 5.92 Å². The van der Waals surface area contributed by atoms with E-state index in [2.05, 4.69) is 29.1 Å². The van der Waals surface area contributed by atoms with E-state index in [9.17, 15) is 0 Å². The van der Waals surface area contributed by atoms with Crippen molar-refractivity contribution in [2.75, 3.05) is 53.4 Å². The maximum absolute atomic E-state index is 3.19. The molecule has 1 fully saturated rings. The average Bonchev–Trinajstić information content (AvgIpc) is 2.25. The van der Waals surface area contributed by atoms with E-state index in [0.717, 1.165) is 19.0 Å². The maximum atomic E-state index is 3.19. The van der Waals surface area contributed by atoms with Gasteiger partial charge in [0.2, 0.25) is 0 Å². The number of piperidine rings is 1. The molecule has 0 saturated carbocycles. The molecule has 0 aromatic rings. The van der Waals surface area contributed by atoms with Gasteiger partial charge in [0.1, 0.15) is 0 Å². The van der Waals surface area contributed by atoms with Crippen LogP contribution in [0.4, 0.5) is 0 Å². The van der Waals surface area contributed by atoms with Crippen LogP contribution in [0.25, 0.3) is 0 Å². The summed E-state index contributed by atoms with van der Waals surface area (Å²) in [6, 6.07) is 0. The molecular formula is C12H27N3. The Balaban J connectivity index is 2.04. The Morgan fingerprint density at radius 2 is 1.93 bits per heavy atom. The molecule has 0 aliphatic carbocycles. The van der Waals surface area contributed by atoms with Gasteiger partial charge >= 0.3 is 0 Å². The van der Waals surface area contributed by atoms with E-state index in [1.54, 1.807) is 0 Å². The van der Waals surface area contributed by atoms with Crippen molar-refractivity contribution in [1.29, 1.82) is 0 Å². The predicted molar refractivity (Wildman–Crippen MR) is 66.3 cm³/mol. The fourth-order valence-electron chi connectivity index (χ4n) is 2.01. The van der Waals surface area contributed by atoms with Gasteiger partial charge in [-0.3, -0.25) is 0 Å². The van der Waals surface area contributed by atoms with E-state index in [1.165, 1.54) is 39.0 Å². The van der Waals surface area contributed by atoms with Gasteiger partial charge in [-0.05, 0) is 45.9 Å². The number of nitrogens with zero attached hydrogens (tertiary/aromatic N) is 2. The molecule has 0 bridgehead atoms. The highest BCUT2D eigenvalue weighted by Gasteiger charge is 2.15. The van der Waals surface area contributed by atoms with Gasteiger partial charge in [-0.15, -0.1) is 0 Å². The number of hydrogen-bond acceptors (Lipinski definition) is 3. The molecule has 1 N–H and O–H groups in total. The quantitative estimate of drug-likeness (QED) is 0.706. The Morgan fingerprint density at radius 1 is 1.27 bits per heavy atom. The summed E-state index contributed by atoms with van der Waals surface area (Å²) in [4.78, 5) is 5.02. The first-order valence-corrected chi connectivity index (χ1v) is 6.28. The zero-order valence-electron chi connectivity index (χ0n) is 10.6. The van der Waals surface area contributed by atoms with Crippen molar-refractivity contribution in [3.05, 3.63) is 0 Å². The highest BCUT2D eigenvalue weighted by atomic mass is 15.2. The highest BCUT2D eigenvalue weighted by Crippen LogP contribution is 2.15. The van der Waals surface area contributed by atoms with Gasteiger partial charge in [-0.2, -0.15) is 0 Å².